The highest BCUT2D eigenvalue weighted by atomic mass is 35.5. The van der Waals surface area contributed by atoms with Crippen molar-refractivity contribution in [2.75, 3.05) is 32.5 Å². The number of para-hydroxylation sites is 1. The number of carbonyl (C=O) groups is 1. The fourth-order valence-electron chi connectivity index (χ4n) is 4.81. The molecule has 0 aromatic heterocycles. The molecule has 4 rings (SSSR count). The Bertz CT molecular complexity index is 971. The molecular weight excluding hydrogens is 388 g/mol. The maximum absolute atomic E-state index is 11.5. The van der Waals surface area contributed by atoms with Gasteiger partial charge in [0.05, 0.1) is 23.5 Å². The van der Waals surface area contributed by atoms with Crippen LogP contribution < -0.4 is 16.8 Å². The Balaban J connectivity index is 1.59. The van der Waals surface area contributed by atoms with E-state index in [1.165, 1.54) is 5.56 Å². The van der Waals surface area contributed by atoms with Gasteiger partial charge in [-0.05, 0) is 49.2 Å². The van der Waals surface area contributed by atoms with Gasteiger partial charge >= 0.3 is 0 Å². The molecule has 1 saturated heterocycles. The summed E-state index contributed by atoms with van der Waals surface area (Å²) in [5.41, 5.74) is 14.8. The van der Waals surface area contributed by atoms with E-state index in [9.17, 15) is 4.79 Å². The van der Waals surface area contributed by atoms with Crippen molar-refractivity contribution in [3.05, 3.63) is 59.2 Å². The lowest BCUT2D eigenvalue weighted by Gasteiger charge is -2.31. The van der Waals surface area contributed by atoms with E-state index in [-0.39, 0.29) is 27.3 Å². The highest BCUT2D eigenvalue weighted by Gasteiger charge is 2.68. The molecule has 0 spiro atoms. The van der Waals surface area contributed by atoms with Crippen LogP contribution in [0.15, 0.2) is 47.5 Å². The van der Waals surface area contributed by atoms with E-state index in [1.54, 1.807) is 25.3 Å². The number of benzene rings is 2. The first-order valence-corrected chi connectivity index (χ1v) is 10.0. The molecule has 152 valence electrons. The molecule has 7 heteroatoms. The summed E-state index contributed by atoms with van der Waals surface area (Å²) in [7, 11) is 1.77. The minimum atomic E-state index is -0.594. The van der Waals surface area contributed by atoms with Crippen molar-refractivity contribution >= 4 is 34.1 Å². The van der Waals surface area contributed by atoms with Gasteiger partial charge in [0.2, 0.25) is 0 Å². The number of hydrogen-bond acceptors (Lipinski definition) is 5. The zero-order chi connectivity index (χ0) is 20.6. The number of rotatable bonds is 6. The molecule has 2 fully saturated rings. The fourth-order valence-corrected chi connectivity index (χ4v) is 5.07. The van der Waals surface area contributed by atoms with E-state index in [0.717, 1.165) is 38.2 Å². The first kappa shape index (κ1) is 19.9. The van der Waals surface area contributed by atoms with Crippen LogP contribution in [-0.2, 0) is 10.2 Å². The number of nitrogen functional groups attached to an aromatic ring is 1. The Morgan fingerprint density at radius 3 is 2.66 bits per heavy atom. The molecule has 1 saturated carbocycles. The number of anilines is 1. The predicted molar refractivity (Wildman–Crippen MR) is 116 cm³/mol. The van der Waals surface area contributed by atoms with Crippen LogP contribution in [0.5, 0.6) is 0 Å². The molecule has 1 aliphatic heterocycles. The minimum absolute atomic E-state index is 0.181. The highest BCUT2D eigenvalue weighted by Crippen LogP contribution is 2.67. The topological polar surface area (TPSA) is 103 Å². The number of hydrogen-bond donors (Lipinski definition) is 3. The van der Waals surface area contributed by atoms with Gasteiger partial charge in [-0.1, -0.05) is 29.8 Å². The number of ether oxygens (including phenoxy) is 1. The smallest absolute Gasteiger partial charge is 0.250 e. The molecule has 5 N–H and O–H groups in total. The SMILES string of the molecule is COCC12CNCCC1(c1ccc(N=C(Cl)c3cccc(C(N)=O)c3N)cc1)C2. The average molecular weight is 413 g/mol. The number of nitrogens with one attached hydrogen (secondary N) is 1. The summed E-state index contributed by atoms with van der Waals surface area (Å²) in [6.07, 6.45) is 2.25. The molecule has 1 aliphatic carbocycles. The molecule has 0 radical (unpaired) electrons. The standard InChI is InChI=1S/C22H25ClN4O2/c1-29-13-21-11-22(21,9-10-26-12-21)14-5-7-15(8-6-14)27-19(23)16-3-2-4-17(18(16)24)20(25)28/h2-8,26H,9-13,24H2,1H3,(H2,25,28). The average Bonchev–Trinajstić information content (AvgIpc) is 3.38. The van der Waals surface area contributed by atoms with Crippen LogP contribution in [0.2, 0.25) is 0 Å². The molecule has 2 aromatic rings. The zero-order valence-corrected chi connectivity index (χ0v) is 17.1. The number of carbonyl (C=O) groups excluding carboxylic acids is 1. The van der Waals surface area contributed by atoms with Gasteiger partial charge in [-0.2, -0.15) is 0 Å². The van der Waals surface area contributed by atoms with Gasteiger partial charge in [-0.25, -0.2) is 4.99 Å². The number of methoxy groups -OCH3 is 1. The van der Waals surface area contributed by atoms with E-state index in [2.05, 4.69) is 22.4 Å². The number of fused-ring (bicyclic) bond motifs is 1. The summed E-state index contributed by atoms with van der Waals surface area (Å²) in [6.45, 7) is 2.77. The highest BCUT2D eigenvalue weighted by molar-refractivity contribution is 6.70. The number of nitrogens with two attached hydrogens (primary N) is 2. The number of amides is 1. The molecule has 6 nitrogen and oxygen atoms in total. The summed E-state index contributed by atoms with van der Waals surface area (Å²) in [5.74, 6) is -0.594. The summed E-state index contributed by atoms with van der Waals surface area (Å²) in [5, 5.41) is 3.73. The van der Waals surface area contributed by atoms with Crippen LogP contribution >= 0.6 is 11.6 Å². The third-order valence-electron chi connectivity index (χ3n) is 6.38. The first-order valence-electron chi connectivity index (χ1n) is 9.65. The van der Waals surface area contributed by atoms with Gasteiger partial charge in [-0.15, -0.1) is 0 Å². The summed E-state index contributed by atoms with van der Waals surface area (Å²) in [6, 6.07) is 13.2. The van der Waals surface area contributed by atoms with Crippen LogP contribution in [0.3, 0.4) is 0 Å². The van der Waals surface area contributed by atoms with Gasteiger partial charge in [0.25, 0.3) is 5.91 Å². The fraction of sp³-hybridized carbons (Fsp3) is 0.364. The van der Waals surface area contributed by atoms with Gasteiger partial charge < -0.3 is 21.5 Å². The molecule has 2 aromatic carbocycles. The van der Waals surface area contributed by atoms with Crippen LogP contribution in [0.1, 0.15) is 34.3 Å². The quantitative estimate of drug-likeness (QED) is 0.501. The first-order chi connectivity index (χ1) is 13.9. The van der Waals surface area contributed by atoms with E-state index in [4.69, 9.17) is 27.8 Å². The molecule has 1 amide bonds. The number of halogens is 1. The van der Waals surface area contributed by atoms with E-state index in [1.807, 2.05) is 12.1 Å². The lowest BCUT2D eigenvalue weighted by atomic mass is 9.81. The summed E-state index contributed by atoms with van der Waals surface area (Å²) in [4.78, 5) is 16.0. The van der Waals surface area contributed by atoms with Crippen molar-refractivity contribution in [2.45, 2.75) is 18.3 Å². The minimum Gasteiger partial charge on any atom is -0.398 e. The second kappa shape index (κ2) is 7.44. The third-order valence-corrected chi connectivity index (χ3v) is 6.67. The Morgan fingerprint density at radius 2 is 1.97 bits per heavy atom. The normalized spacial score (nSPS) is 26.1. The maximum atomic E-state index is 11.5. The Hall–Kier alpha value is -2.41. The van der Waals surface area contributed by atoms with Crippen LogP contribution in [0.4, 0.5) is 11.4 Å². The van der Waals surface area contributed by atoms with Crippen molar-refractivity contribution in [3.63, 3.8) is 0 Å². The molecule has 0 bridgehead atoms. The lowest BCUT2D eigenvalue weighted by Crippen LogP contribution is -2.40. The summed E-state index contributed by atoms with van der Waals surface area (Å²) >= 11 is 6.40. The predicted octanol–water partition coefficient (Wildman–Crippen LogP) is 2.95. The van der Waals surface area contributed by atoms with Gasteiger partial charge in [0.1, 0.15) is 5.17 Å². The van der Waals surface area contributed by atoms with Crippen molar-refractivity contribution < 1.29 is 9.53 Å². The molecular formula is C22H25ClN4O2. The van der Waals surface area contributed by atoms with Crippen LogP contribution in [-0.4, -0.2) is 37.9 Å². The molecule has 2 aliphatic rings. The third kappa shape index (κ3) is 3.31. The van der Waals surface area contributed by atoms with E-state index in [0.29, 0.717) is 5.56 Å². The largest absolute Gasteiger partial charge is 0.398 e. The molecule has 29 heavy (non-hydrogen) atoms. The number of primary amides is 1. The number of aliphatic imine (C=N–C) groups is 1. The Labute approximate surface area is 175 Å². The van der Waals surface area contributed by atoms with E-state index >= 15 is 0 Å². The van der Waals surface area contributed by atoms with Crippen molar-refractivity contribution in [1.82, 2.24) is 5.32 Å². The molecule has 1 heterocycles. The van der Waals surface area contributed by atoms with Gasteiger partial charge in [0, 0.05) is 30.0 Å². The van der Waals surface area contributed by atoms with Crippen LogP contribution in [0, 0.1) is 5.41 Å². The number of piperidine rings is 1. The zero-order valence-electron chi connectivity index (χ0n) is 16.4. The number of nitrogens with zero attached hydrogens (tertiary/aromatic N) is 1. The van der Waals surface area contributed by atoms with Gasteiger partial charge in [0.15, 0.2) is 0 Å². The lowest BCUT2D eigenvalue weighted by molar-refractivity contribution is 0.100. The molecule has 2 unspecified atom stereocenters. The van der Waals surface area contributed by atoms with E-state index < -0.39 is 5.91 Å². The van der Waals surface area contributed by atoms with Crippen molar-refractivity contribution in [3.8, 4) is 0 Å². The maximum Gasteiger partial charge on any atom is 0.250 e. The van der Waals surface area contributed by atoms with Gasteiger partial charge in [-0.3, -0.25) is 4.79 Å². The Morgan fingerprint density at radius 1 is 1.24 bits per heavy atom. The monoisotopic (exact) mass is 412 g/mol. The van der Waals surface area contributed by atoms with Crippen molar-refractivity contribution in [2.24, 2.45) is 16.1 Å². The second-order valence-corrected chi connectivity index (χ2v) is 8.34. The summed E-state index contributed by atoms with van der Waals surface area (Å²) < 4.78 is 5.51. The Kier molecular flexibility index (Phi) is 5.11. The second-order valence-electron chi connectivity index (χ2n) is 7.98. The molecule has 2 atom stereocenters. The van der Waals surface area contributed by atoms with Crippen molar-refractivity contribution in [1.29, 1.82) is 0 Å². The van der Waals surface area contributed by atoms with Crippen LogP contribution in [0.25, 0.3) is 0 Å².